The van der Waals surface area contributed by atoms with Gasteiger partial charge in [0.1, 0.15) is 0 Å². The first-order chi connectivity index (χ1) is 6.27. The summed E-state index contributed by atoms with van der Waals surface area (Å²) in [6.45, 7) is 9.12. The fourth-order valence-electron chi connectivity index (χ4n) is 2.18. The van der Waals surface area contributed by atoms with Crippen molar-refractivity contribution in [2.24, 2.45) is 5.92 Å². The molecule has 3 heteroatoms. The minimum absolute atomic E-state index is 0.509. The monoisotopic (exact) mass is 185 g/mol. The van der Waals surface area contributed by atoms with Crippen LogP contribution in [0.25, 0.3) is 0 Å². The molecule has 13 heavy (non-hydrogen) atoms. The van der Waals surface area contributed by atoms with Gasteiger partial charge in [-0.3, -0.25) is 4.90 Å². The van der Waals surface area contributed by atoms with Gasteiger partial charge < -0.3 is 9.47 Å². The fraction of sp³-hybridized carbons (Fsp3) is 1.00. The van der Waals surface area contributed by atoms with Gasteiger partial charge in [-0.1, -0.05) is 13.8 Å². The quantitative estimate of drug-likeness (QED) is 0.633. The highest BCUT2D eigenvalue weighted by atomic mass is 16.5. The van der Waals surface area contributed by atoms with Crippen molar-refractivity contribution < 1.29 is 9.47 Å². The zero-order valence-electron chi connectivity index (χ0n) is 8.53. The standard InChI is InChI=1S/C10H19NO2/c1-8(2)3-11-9-4-12-6-10(11)7-13-5-9/h8-10H,3-7H2,1-2H3. The van der Waals surface area contributed by atoms with E-state index < -0.39 is 0 Å². The Morgan fingerprint density at radius 3 is 1.92 bits per heavy atom. The summed E-state index contributed by atoms with van der Waals surface area (Å²) < 4.78 is 11.1. The summed E-state index contributed by atoms with van der Waals surface area (Å²) in [5.41, 5.74) is 0. The Bertz CT molecular complexity index is 150. The van der Waals surface area contributed by atoms with Gasteiger partial charge >= 0.3 is 0 Å². The molecule has 0 amide bonds. The van der Waals surface area contributed by atoms with E-state index in [2.05, 4.69) is 18.7 Å². The van der Waals surface area contributed by atoms with Crippen LogP contribution in [-0.2, 0) is 9.47 Å². The first kappa shape index (κ1) is 9.44. The highest BCUT2D eigenvalue weighted by Gasteiger charge is 2.35. The molecule has 0 aromatic carbocycles. The molecule has 2 aliphatic rings. The van der Waals surface area contributed by atoms with E-state index in [1.807, 2.05) is 0 Å². The van der Waals surface area contributed by atoms with Crippen LogP contribution in [0.5, 0.6) is 0 Å². The van der Waals surface area contributed by atoms with Gasteiger partial charge in [0.2, 0.25) is 0 Å². The normalized spacial score (nSPS) is 35.3. The second kappa shape index (κ2) is 3.95. The van der Waals surface area contributed by atoms with Crippen molar-refractivity contribution in [1.82, 2.24) is 4.90 Å². The molecule has 3 nitrogen and oxygen atoms in total. The van der Waals surface area contributed by atoms with Crippen LogP contribution < -0.4 is 0 Å². The molecule has 2 fully saturated rings. The van der Waals surface area contributed by atoms with Crippen molar-refractivity contribution in [2.75, 3.05) is 33.0 Å². The molecule has 0 aliphatic carbocycles. The van der Waals surface area contributed by atoms with Crippen LogP contribution in [0.1, 0.15) is 13.8 Å². The van der Waals surface area contributed by atoms with Gasteiger partial charge in [-0.25, -0.2) is 0 Å². The average Bonchev–Trinajstić information content (AvgIpc) is 2.02. The predicted molar refractivity (Wildman–Crippen MR) is 50.8 cm³/mol. The number of rotatable bonds is 2. The highest BCUT2D eigenvalue weighted by molar-refractivity contribution is 4.86. The van der Waals surface area contributed by atoms with Gasteiger partial charge in [-0.2, -0.15) is 0 Å². The lowest BCUT2D eigenvalue weighted by molar-refractivity contribution is -0.140. The van der Waals surface area contributed by atoms with Crippen molar-refractivity contribution in [1.29, 1.82) is 0 Å². The van der Waals surface area contributed by atoms with Gasteiger partial charge in [0.05, 0.1) is 38.5 Å². The van der Waals surface area contributed by atoms with Crippen molar-refractivity contribution >= 4 is 0 Å². The van der Waals surface area contributed by atoms with E-state index in [0.29, 0.717) is 12.1 Å². The Kier molecular flexibility index (Phi) is 2.86. The highest BCUT2D eigenvalue weighted by Crippen LogP contribution is 2.20. The summed E-state index contributed by atoms with van der Waals surface area (Å²) in [6.07, 6.45) is 0. The van der Waals surface area contributed by atoms with Crippen molar-refractivity contribution in [3.05, 3.63) is 0 Å². The first-order valence-corrected chi connectivity index (χ1v) is 5.18. The molecule has 0 atom stereocenters. The largest absolute Gasteiger partial charge is 0.378 e. The Balaban J connectivity index is 1.98. The molecule has 2 bridgehead atoms. The van der Waals surface area contributed by atoms with Gasteiger partial charge in [0.25, 0.3) is 0 Å². The van der Waals surface area contributed by atoms with Crippen molar-refractivity contribution in [3.8, 4) is 0 Å². The Labute approximate surface area is 80.0 Å². The lowest BCUT2D eigenvalue weighted by Crippen LogP contribution is -2.60. The molecule has 0 aromatic heterocycles. The van der Waals surface area contributed by atoms with Crippen molar-refractivity contribution in [2.45, 2.75) is 25.9 Å². The third-order valence-corrected chi connectivity index (χ3v) is 2.75. The van der Waals surface area contributed by atoms with E-state index in [1.165, 1.54) is 6.54 Å². The predicted octanol–water partition coefficient (Wildman–Crippen LogP) is 0.742. The van der Waals surface area contributed by atoms with E-state index >= 15 is 0 Å². The molecule has 2 heterocycles. The number of fused-ring (bicyclic) bond motifs is 2. The maximum absolute atomic E-state index is 5.53. The summed E-state index contributed by atoms with van der Waals surface area (Å²) in [6, 6.07) is 1.02. The fourth-order valence-corrected chi connectivity index (χ4v) is 2.18. The molecule has 0 N–H and O–H groups in total. The lowest BCUT2D eigenvalue weighted by Gasteiger charge is -2.46. The van der Waals surface area contributed by atoms with E-state index in [-0.39, 0.29) is 0 Å². The SMILES string of the molecule is CC(C)CN1C2COCC1COC2. The zero-order chi connectivity index (χ0) is 9.26. The van der Waals surface area contributed by atoms with Gasteiger partial charge in [0.15, 0.2) is 0 Å². The molecule has 2 saturated heterocycles. The molecule has 0 radical (unpaired) electrons. The number of ether oxygens (including phenoxy) is 2. The summed E-state index contributed by atoms with van der Waals surface area (Å²) in [5, 5.41) is 0. The number of nitrogens with zero attached hydrogens (tertiary/aromatic N) is 1. The Hall–Kier alpha value is -0.120. The van der Waals surface area contributed by atoms with E-state index in [0.717, 1.165) is 32.3 Å². The zero-order valence-corrected chi connectivity index (χ0v) is 8.53. The Morgan fingerprint density at radius 2 is 1.54 bits per heavy atom. The number of hydrogen-bond donors (Lipinski definition) is 0. The summed E-state index contributed by atoms with van der Waals surface area (Å²) in [4.78, 5) is 2.57. The molecule has 0 unspecified atom stereocenters. The minimum Gasteiger partial charge on any atom is -0.378 e. The lowest BCUT2D eigenvalue weighted by atomic mass is 10.1. The second-order valence-electron chi connectivity index (χ2n) is 4.47. The molecule has 0 aromatic rings. The van der Waals surface area contributed by atoms with E-state index in [4.69, 9.17) is 9.47 Å². The molecule has 0 spiro atoms. The van der Waals surface area contributed by atoms with Crippen LogP contribution in [-0.4, -0.2) is 50.0 Å². The van der Waals surface area contributed by atoms with Crippen LogP contribution in [0.3, 0.4) is 0 Å². The first-order valence-electron chi connectivity index (χ1n) is 5.18. The van der Waals surface area contributed by atoms with Crippen LogP contribution in [0.2, 0.25) is 0 Å². The summed E-state index contributed by atoms with van der Waals surface area (Å²) in [5.74, 6) is 0.737. The average molecular weight is 185 g/mol. The van der Waals surface area contributed by atoms with Crippen LogP contribution in [0.4, 0.5) is 0 Å². The molecule has 2 aliphatic heterocycles. The maximum Gasteiger partial charge on any atom is 0.0645 e. The topological polar surface area (TPSA) is 21.7 Å². The maximum atomic E-state index is 5.53. The van der Waals surface area contributed by atoms with Crippen LogP contribution in [0, 0.1) is 5.92 Å². The third kappa shape index (κ3) is 2.03. The molecule has 0 saturated carbocycles. The van der Waals surface area contributed by atoms with Gasteiger partial charge in [-0.05, 0) is 5.92 Å². The molecule has 76 valence electrons. The molecule has 2 rings (SSSR count). The summed E-state index contributed by atoms with van der Waals surface area (Å²) >= 11 is 0. The minimum atomic E-state index is 0.509. The summed E-state index contributed by atoms with van der Waals surface area (Å²) in [7, 11) is 0. The Morgan fingerprint density at radius 1 is 1.08 bits per heavy atom. The molecular weight excluding hydrogens is 166 g/mol. The van der Waals surface area contributed by atoms with Crippen LogP contribution >= 0.6 is 0 Å². The van der Waals surface area contributed by atoms with Crippen molar-refractivity contribution in [3.63, 3.8) is 0 Å². The third-order valence-electron chi connectivity index (χ3n) is 2.75. The van der Waals surface area contributed by atoms with E-state index in [9.17, 15) is 0 Å². The number of morpholine rings is 2. The van der Waals surface area contributed by atoms with Crippen LogP contribution in [0.15, 0.2) is 0 Å². The number of hydrogen-bond acceptors (Lipinski definition) is 3. The molecular formula is C10H19NO2. The van der Waals surface area contributed by atoms with E-state index in [1.54, 1.807) is 0 Å². The van der Waals surface area contributed by atoms with Gasteiger partial charge in [-0.15, -0.1) is 0 Å². The smallest absolute Gasteiger partial charge is 0.0645 e. The second-order valence-corrected chi connectivity index (χ2v) is 4.47. The van der Waals surface area contributed by atoms with Gasteiger partial charge in [0, 0.05) is 6.54 Å².